The number of halogens is 1. The molecule has 16 heavy (non-hydrogen) atoms. The fraction of sp³-hybridized carbons (Fsp3) is 0.308. The van der Waals surface area contributed by atoms with Gasteiger partial charge in [-0.3, -0.25) is 4.79 Å². The van der Waals surface area contributed by atoms with Crippen molar-refractivity contribution in [3.8, 4) is 0 Å². The molecular formula is C13H13FOS. The van der Waals surface area contributed by atoms with Gasteiger partial charge in [0.1, 0.15) is 5.82 Å². The van der Waals surface area contributed by atoms with E-state index in [9.17, 15) is 9.18 Å². The lowest BCUT2D eigenvalue weighted by Crippen LogP contribution is -2.07. The van der Waals surface area contributed by atoms with E-state index in [0.717, 1.165) is 21.4 Å². The highest BCUT2D eigenvalue weighted by atomic mass is 32.1. The van der Waals surface area contributed by atoms with E-state index in [-0.39, 0.29) is 17.5 Å². The van der Waals surface area contributed by atoms with Gasteiger partial charge in [0.25, 0.3) is 0 Å². The summed E-state index contributed by atoms with van der Waals surface area (Å²) in [5.74, 6) is -0.0603. The van der Waals surface area contributed by atoms with Crippen molar-refractivity contribution in [3.63, 3.8) is 0 Å². The average Bonchev–Trinajstić information content (AvgIpc) is 2.69. The molecule has 0 amide bonds. The van der Waals surface area contributed by atoms with E-state index < -0.39 is 0 Å². The molecule has 0 aliphatic carbocycles. The molecule has 0 saturated heterocycles. The fourth-order valence-corrected chi connectivity index (χ4v) is 2.66. The Balaban J connectivity index is 2.43. The Kier molecular flexibility index (Phi) is 3.06. The highest BCUT2D eigenvalue weighted by Gasteiger charge is 2.16. The molecule has 1 nitrogen and oxygen atoms in total. The van der Waals surface area contributed by atoms with E-state index in [1.165, 1.54) is 23.5 Å². The van der Waals surface area contributed by atoms with Gasteiger partial charge in [-0.15, -0.1) is 11.3 Å². The number of ketones is 1. The number of benzene rings is 1. The Morgan fingerprint density at radius 2 is 2.19 bits per heavy atom. The number of Topliss-reactive ketones (excluding diaryl/α,β-unsaturated/α-hetero) is 1. The lowest BCUT2D eigenvalue weighted by Gasteiger charge is -2.03. The summed E-state index contributed by atoms with van der Waals surface area (Å²) < 4.78 is 14.0. The second-order valence-electron chi connectivity index (χ2n) is 3.97. The van der Waals surface area contributed by atoms with Crippen molar-refractivity contribution < 1.29 is 9.18 Å². The molecule has 0 fully saturated rings. The number of carbonyl (C=O) groups is 1. The van der Waals surface area contributed by atoms with Crippen LogP contribution in [0.1, 0.15) is 29.9 Å². The summed E-state index contributed by atoms with van der Waals surface area (Å²) in [6, 6.07) is 6.41. The molecule has 1 heterocycles. The van der Waals surface area contributed by atoms with Gasteiger partial charge in [0.05, 0.1) is 4.88 Å². The molecule has 1 unspecified atom stereocenters. The number of carbonyl (C=O) groups excluding carboxylic acids is 1. The van der Waals surface area contributed by atoms with Crippen molar-refractivity contribution in [2.24, 2.45) is 5.92 Å². The van der Waals surface area contributed by atoms with E-state index in [2.05, 4.69) is 0 Å². The Bertz CT molecular complexity index is 530. The van der Waals surface area contributed by atoms with Crippen molar-refractivity contribution in [1.82, 2.24) is 0 Å². The van der Waals surface area contributed by atoms with Crippen molar-refractivity contribution in [1.29, 1.82) is 0 Å². The van der Waals surface area contributed by atoms with Crippen molar-refractivity contribution in [3.05, 3.63) is 35.0 Å². The second-order valence-corrected chi connectivity index (χ2v) is 5.05. The average molecular weight is 236 g/mol. The fourth-order valence-electron chi connectivity index (χ4n) is 1.56. The van der Waals surface area contributed by atoms with E-state index in [0.29, 0.717) is 0 Å². The van der Waals surface area contributed by atoms with E-state index in [1.807, 2.05) is 13.8 Å². The van der Waals surface area contributed by atoms with Crippen molar-refractivity contribution >= 4 is 27.2 Å². The number of hydrogen-bond donors (Lipinski definition) is 0. The Labute approximate surface area is 97.9 Å². The summed E-state index contributed by atoms with van der Waals surface area (Å²) in [6.07, 6.45) is 0.835. The molecule has 84 valence electrons. The number of fused-ring (bicyclic) bond motifs is 1. The van der Waals surface area contributed by atoms with Gasteiger partial charge in [-0.05, 0) is 36.1 Å². The quantitative estimate of drug-likeness (QED) is 0.727. The van der Waals surface area contributed by atoms with Crippen molar-refractivity contribution in [2.75, 3.05) is 0 Å². The molecular weight excluding hydrogens is 223 g/mol. The van der Waals surface area contributed by atoms with Gasteiger partial charge in [0, 0.05) is 10.6 Å². The van der Waals surface area contributed by atoms with Crippen LogP contribution in [0.25, 0.3) is 10.1 Å². The second kappa shape index (κ2) is 4.34. The van der Waals surface area contributed by atoms with Gasteiger partial charge in [-0.1, -0.05) is 13.8 Å². The first-order valence-electron chi connectivity index (χ1n) is 5.35. The molecule has 1 aromatic heterocycles. The highest BCUT2D eigenvalue weighted by Crippen LogP contribution is 2.28. The molecule has 0 bridgehead atoms. The van der Waals surface area contributed by atoms with Crippen LogP contribution in [0.3, 0.4) is 0 Å². The van der Waals surface area contributed by atoms with Gasteiger partial charge < -0.3 is 0 Å². The lowest BCUT2D eigenvalue weighted by molar-refractivity contribution is 0.0931. The van der Waals surface area contributed by atoms with Crippen LogP contribution < -0.4 is 0 Å². The molecule has 0 saturated carbocycles. The Morgan fingerprint density at radius 1 is 1.44 bits per heavy atom. The zero-order valence-electron chi connectivity index (χ0n) is 9.29. The smallest absolute Gasteiger partial charge is 0.175 e. The van der Waals surface area contributed by atoms with Crippen LogP contribution in [0, 0.1) is 11.7 Å². The summed E-state index contributed by atoms with van der Waals surface area (Å²) in [5.41, 5.74) is 0. The lowest BCUT2D eigenvalue weighted by atomic mass is 10.0. The number of hydrogen-bond acceptors (Lipinski definition) is 2. The highest BCUT2D eigenvalue weighted by molar-refractivity contribution is 7.20. The zero-order valence-corrected chi connectivity index (χ0v) is 10.1. The minimum Gasteiger partial charge on any atom is -0.293 e. The summed E-state index contributed by atoms with van der Waals surface area (Å²) in [6.45, 7) is 3.92. The first kappa shape index (κ1) is 11.3. The van der Waals surface area contributed by atoms with E-state index >= 15 is 0 Å². The van der Waals surface area contributed by atoms with Crippen molar-refractivity contribution in [2.45, 2.75) is 20.3 Å². The molecule has 2 aromatic rings. The maximum atomic E-state index is 13.0. The van der Waals surface area contributed by atoms with Crippen LogP contribution in [0.15, 0.2) is 24.3 Å². The Hall–Kier alpha value is -1.22. The molecule has 0 radical (unpaired) electrons. The molecule has 1 atom stereocenters. The van der Waals surface area contributed by atoms with Gasteiger partial charge >= 0.3 is 0 Å². The first-order chi connectivity index (χ1) is 7.61. The van der Waals surface area contributed by atoms with Crippen LogP contribution >= 0.6 is 11.3 Å². The van der Waals surface area contributed by atoms with Crippen LogP contribution in [0.2, 0.25) is 0 Å². The van der Waals surface area contributed by atoms with Gasteiger partial charge in [-0.2, -0.15) is 0 Å². The topological polar surface area (TPSA) is 17.1 Å². The van der Waals surface area contributed by atoms with E-state index in [4.69, 9.17) is 0 Å². The van der Waals surface area contributed by atoms with E-state index in [1.54, 1.807) is 12.1 Å². The molecule has 0 spiro atoms. The van der Waals surface area contributed by atoms with Gasteiger partial charge in [0.15, 0.2) is 5.78 Å². The minimum atomic E-state index is -0.257. The maximum Gasteiger partial charge on any atom is 0.175 e. The number of thiophene rings is 1. The largest absolute Gasteiger partial charge is 0.293 e. The van der Waals surface area contributed by atoms with Crippen LogP contribution in [-0.2, 0) is 0 Å². The monoisotopic (exact) mass is 236 g/mol. The Morgan fingerprint density at radius 3 is 2.88 bits per heavy atom. The minimum absolute atomic E-state index is 0.0397. The third-order valence-corrected chi connectivity index (χ3v) is 3.91. The maximum absolute atomic E-state index is 13.0. The molecule has 0 N–H and O–H groups in total. The van der Waals surface area contributed by atoms with Crippen LogP contribution in [0.4, 0.5) is 4.39 Å². The van der Waals surface area contributed by atoms with Gasteiger partial charge in [0.2, 0.25) is 0 Å². The normalized spacial score (nSPS) is 12.9. The molecule has 0 aliphatic heterocycles. The molecule has 0 aliphatic rings. The molecule has 1 aromatic carbocycles. The predicted molar refractivity (Wildman–Crippen MR) is 65.6 cm³/mol. The summed E-state index contributed by atoms with van der Waals surface area (Å²) >= 11 is 1.44. The van der Waals surface area contributed by atoms with Gasteiger partial charge in [-0.25, -0.2) is 4.39 Å². The third-order valence-electron chi connectivity index (χ3n) is 2.78. The SMILES string of the molecule is CCC(C)C(=O)c1cc2cc(F)ccc2s1. The molecule has 2 rings (SSSR count). The standard InChI is InChI=1S/C13H13FOS/c1-3-8(2)13(15)12-7-9-6-10(14)4-5-11(9)16-12/h4-8H,3H2,1-2H3. The van der Waals surface area contributed by atoms with Crippen LogP contribution in [0.5, 0.6) is 0 Å². The predicted octanol–water partition coefficient (Wildman–Crippen LogP) is 4.27. The first-order valence-corrected chi connectivity index (χ1v) is 6.16. The van der Waals surface area contributed by atoms with Crippen LogP contribution in [-0.4, -0.2) is 5.78 Å². The summed E-state index contributed by atoms with van der Waals surface area (Å²) in [7, 11) is 0. The summed E-state index contributed by atoms with van der Waals surface area (Å²) in [5, 5.41) is 0.816. The summed E-state index contributed by atoms with van der Waals surface area (Å²) in [4.78, 5) is 12.7. The third kappa shape index (κ3) is 2.00. The molecule has 3 heteroatoms. The number of rotatable bonds is 3. The zero-order chi connectivity index (χ0) is 11.7.